The monoisotopic (exact) mass is 338 g/mol. The van der Waals surface area contributed by atoms with Crippen molar-refractivity contribution in [2.75, 3.05) is 0 Å². The molecular weight excluding hydrogens is 323 g/mol. The molecule has 0 radical (unpaired) electrons. The molecule has 7 nitrogen and oxygen atoms in total. The molecule has 0 aliphatic rings. The molecular formula is C10H16Cl2N6OS. The Kier molecular flexibility index (Phi) is 8.80. The maximum Gasteiger partial charge on any atom is 0.216 e. The van der Waals surface area contributed by atoms with Gasteiger partial charge in [0.2, 0.25) is 11.9 Å². The van der Waals surface area contributed by atoms with Crippen LogP contribution in [-0.4, -0.2) is 28.4 Å². The number of carbonyl (C=O) groups excluding carboxylic acids is 1. The van der Waals surface area contributed by atoms with Crippen LogP contribution in [0.4, 0.5) is 0 Å². The molecule has 1 aromatic rings. The zero-order chi connectivity index (χ0) is 13.9. The lowest BCUT2D eigenvalue weighted by Crippen LogP contribution is -2.41. The Labute approximate surface area is 132 Å². The Morgan fingerprint density at radius 1 is 1.15 bits per heavy atom. The summed E-state index contributed by atoms with van der Waals surface area (Å²) >= 11 is 1.28. The van der Waals surface area contributed by atoms with Crippen molar-refractivity contribution in [2.24, 2.45) is 16.6 Å². The van der Waals surface area contributed by atoms with Crippen molar-refractivity contribution in [3.63, 3.8) is 0 Å². The predicted octanol–water partition coefficient (Wildman–Crippen LogP) is 1.61. The molecule has 10 heteroatoms. The van der Waals surface area contributed by atoms with Crippen LogP contribution in [0.5, 0.6) is 0 Å². The first-order valence-electron chi connectivity index (χ1n) is 4.97. The molecule has 0 amide bonds. The summed E-state index contributed by atoms with van der Waals surface area (Å²) in [5.41, 5.74) is 11.0. The van der Waals surface area contributed by atoms with Crippen LogP contribution in [0.25, 0.3) is 0 Å². The molecule has 6 N–H and O–H groups in total. The fraction of sp³-hybridized carbons (Fsp3) is 0.200. The van der Waals surface area contributed by atoms with Gasteiger partial charge in [-0.2, -0.15) is 10.1 Å². The van der Waals surface area contributed by atoms with Crippen molar-refractivity contribution in [1.29, 1.82) is 10.8 Å². The van der Waals surface area contributed by atoms with Crippen molar-refractivity contribution in [1.82, 2.24) is 5.01 Å². The zero-order valence-electron chi connectivity index (χ0n) is 10.8. The van der Waals surface area contributed by atoms with Crippen molar-refractivity contribution in [3.8, 4) is 0 Å². The summed E-state index contributed by atoms with van der Waals surface area (Å²) in [6, 6.07) is 3.45. The van der Waals surface area contributed by atoms with Gasteiger partial charge in [-0.15, -0.1) is 36.2 Å². The van der Waals surface area contributed by atoms with Gasteiger partial charge in [0.15, 0.2) is 5.78 Å². The summed E-state index contributed by atoms with van der Waals surface area (Å²) in [4.78, 5) is 12.6. The van der Waals surface area contributed by atoms with Crippen LogP contribution in [-0.2, 0) is 0 Å². The highest BCUT2D eigenvalue weighted by Gasteiger charge is 2.11. The number of ketones is 1. The van der Waals surface area contributed by atoms with Gasteiger partial charge in [0.25, 0.3) is 0 Å². The number of nitrogens with two attached hydrogens (primary N) is 2. The summed E-state index contributed by atoms with van der Waals surface area (Å²) in [7, 11) is 0. The first-order chi connectivity index (χ1) is 8.32. The minimum absolute atomic E-state index is 0. The quantitative estimate of drug-likeness (QED) is 0.288. The molecule has 0 saturated heterocycles. The summed E-state index contributed by atoms with van der Waals surface area (Å²) in [5, 5.41) is 19.2. The van der Waals surface area contributed by atoms with Gasteiger partial charge in [-0.3, -0.25) is 15.6 Å². The second-order valence-corrected chi connectivity index (χ2v) is 4.57. The Hall–Kier alpha value is -1.64. The van der Waals surface area contributed by atoms with Crippen LogP contribution >= 0.6 is 36.2 Å². The molecule has 20 heavy (non-hydrogen) atoms. The third-order valence-electron chi connectivity index (χ3n) is 2.02. The Morgan fingerprint density at radius 3 is 1.95 bits per heavy atom. The highest BCUT2D eigenvalue weighted by atomic mass is 35.5. The van der Waals surface area contributed by atoms with Gasteiger partial charge in [-0.1, -0.05) is 0 Å². The minimum Gasteiger partial charge on any atom is -0.368 e. The molecule has 0 unspecified atom stereocenters. The fourth-order valence-corrected chi connectivity index (χ4v) is 2.00. The molecule has 112 valence electrons. The number of hydrogen-bond donors (Lipinski definition) is 4. The second kappa shape index (κ2) is 8.51. The molecule has 0 bridgehead atoms. The summed E-state index contributed by atoms with van der Waals surface area (Å²) in [6.07, 6.45) is 0. The van der Waals surface area contributed by atoms with Crippen LogP contribution in [0.1, 0.15) is 28.4 Å². The third-order valence-corrected chi connectivity index (χ3v) is 3.31. The standard InChI is InChI=1S/C10H14N6OS.2ClH/c1-5(15-16(9(11)12)10(13)14)7-3-4-8(18-7)6(2)17;;/h3-4H,1-2H3,(H3,11,12)(H3,13,14);2*1H. The molecule has 1 heterocycles. The van der Waals surface area contributed by atoms with E-state index in [1.807, 2.05) is 0 Å². The first kappa shape index (κ1) is 20.7. The van der Waals surface area contributed by atoms with Gasteiger partial charge in [-0.25, -0.2) is 0 Å². The number of hydrogen-bond acceptors (Lipinski definition) is 5. The number of thiophene rings is 1. The van der Waals surface area contributed by atoms with Gasteiger partial charge >= 0.3 is 0 Å². The Morgan fingerprint density at radius 2 is 1.60 bits per heavy atom. The zero-order valence-corrected chi connectivity index (χ0v) is 13.3. The van der Waals surface area contributed by atoms with E-state index in [2.05, 4.69) is 5.10 Å². The number of nitrogens with one attached hydrogen (secondary N) is 2. The normalized spacial score (nSPS) is 10.0. The van der Waals surface area contributed by atoms with E-state index in [9.17, 15) is 4.79 Å². The number of nitrogens with zero attached hydrogens (tertiary/aromatic N) is 2. The van der Waals surface area contributed by atoms with Gasteiger partial charge in [0, 0.05) is 0 Å². The third kappa shape index (κ3) is 5.16. The average Bonchev–Trinajstić information content (AvgIpc) is 2.73. The SMILES string of the molecule is CC(=O)c1ccc(C(C)=NN(C(=N)N)C(=N)N)s1.Cl.Cl. The molecule has 1 rings (SSSR count). The molecule has 0 fully saturated rings. The van der Waals surface area contributed by atoms with E-state index in [4.69, 9.17) is 22.3 Å². The number of hydrazone groups is 1. The fourth-order valence-electron chi connectivity index (χ4n) is 1.16. The molecule has 0 spiro atoms. The number of halogens is 2. The van der Waals surface area contributed by atoms with Crippen LogP contribution < -0.4 is 11.5 Å². The lowest BCUT2D eigenvalue weighted by atomic mass is 10.3. The van der Waals surface area contributed by atoms with Gasteiger partial charge in [0.05, 0.1) is 15.5 Å². The van der Waals surface area contributed by atoms with E-state index >= 15 is 0 Å². The summed E-state index contributed by atoms with van der Waals surface area (Å²) in [5.74, 6) is -0.899. The smallest absolute Gasteiger partial charge is 0.216 e. The van der Waals surface area contributed by atoms with E-state index in [0.29, 0.717) is 10.6 Å². The molecule has 0 saturated carbocycles. The van der Waals surface area contributed by atoms with Gasteiger partial charge in [-0.05, 0) is 26.0 Å². The van der Waals surface area contributed by atoms with E-state index in [1.165, 1.54) is 18.3 Å². The molecule has 0 aromatic carbocycles. The average molecular weight is 339 g/mol. The lowest BCUT2D eigenvalue weighted by molar-refractivity contribution is 0.102. The van der Waals surface area contributed by atoms with E-state index < -0.39 is 11.9 Å². The van der Waals surface area contributed by atoms with Crippen LogP contribution in [0.3, 0.4) is 0 Å². The second-order valence-electron chi connectivity index (χ2n) is 3.49. The topological polar surface area (TPSA) is 132 Å². The van der Waals surface area contributed by atoms with Crippen LogP contribution in [0.15, 0.2) is 17.2 Å². The van der Waals surface area contributed by atoms with Crippen LogP contribution in [0, 0.1) is 10.8 Å². The van der Waals surface area contributed by atoms with Crippen LogP contribution in [0.2, 0.25) is 0 Å². The lowest BCUT2D eigenvalue weighted by Gasteiger charge is -2.14. The van der Waals surface area contributed by atoms with E-state index in [-0.39, 0.29) is 30.6 Å². The first-order valence-corrected chi connectivity index (χ1v) is 5.79. The van der Waals surface area contributed by atoms with Gasteiger partial charge in [0.1, 0.15) is 0 Å². The molecule has 1 aromatic heterocycles. The largest absolute Gasteiger partial charge is 0.368 e. The number of guanidine groups is 2. The maximum absolute atomic E-state index is 11.2. The number of Topliss-reactive ketones (excluding diaryl/α,β-unsaturated/α-hetero) is 1. The number of carbonyl (C=O) groups is 1. The maximum atomic E-state index is 11.2. The summed E-state index contributed by atoms with van der Waals surface area (Å²) in [6.45, 7) is 3.17. The molecule has 0 aliphatic carbocycles. The molecule has 0 aliphatic heterocycles. The van der Waals surface area contributed by atoms with Crippen molar-refractivity contribution < 1.29 is 4.79 Å². The highest BCUT2D eigenvalue weighted by Crippen LogP contribution is 2.18. The highest BCUT2D eigenvalue weighted by molar-refractivity contribution is 7.16. The van der Waals surface area contributed by atoms with E-state index in [0.717, 1.165) is 9.89 Å². The van der Waals surface area contributed by atoms with Crippen molar-refractivity contribution in [2.45, 2.75) is 13.8 Å². The van der Waals surface area contributed by atoms with Crippen molar-refractivity contribution >= 4 is 59.6 Å². The Balaban J connectivity index is 0. The van der Waals surface area contributed by atoms with Crippen molar-refractivity contribution in [3.05, 3.63) is 21.9 Å². The Bertz CT molecular complexity index is 528. The number of rotatable bonds is 3. The molecule has 0 atom stereocenters. The van der Waals surface area contributed by atoms with E-state index in [1.54, 1.807) is 19.1 Å². The summed E-state index contributed by atoms with van der Waals surface area (Å²) < 4.78 is 0. The predicted molar refractivity (Wildman–Crippen MR) is 86.7 cm³/mol. The van der Waals surface area contributed by atoms with Gasteiger partial charge < -0.3 is 11.5 Å². The minimum atomic E-state index is -0.440.